The van der Waals surface area contributed by atoms with Crippen LogP contribution in [0.25, 0.3) is 0 Å². The van der Waals surface area contributed by atoms with Crippen molar-refractivity contribution in [3.8, 4) is 0 Å². The summed E-state index contributed by atoms with van der Waals surface area (Å²) in [4.78, 5) is 27.9. The Hall–Kier alpha value is -1.55. The minimum atomic E-state index is -0.300. The molecule has 0 saturated carbocycles. The maximum atomic E-state index is 12.5. The number of benzene rings is 1. The Labute approximate surface area is 116 Å². The maximum Gasteiger partial charge on any atom is 0.250 e. The van der Waals surface area contributed by atoms with Gasteiger partial charge in [0.15, 0.2) is 0 Å². The van der Waals surface area contributed by atoms with Gasteiger partial charge in [-0.25, -0.2) is 0 Å². The van der Waals surface area contributed by atoms with Gasteiger partial charge < -0.3 is 4.90 Å². The highest BCUT2D eigenvalue weighted by molar-refractivity contribution is 6.34. The third-order valence-corrected chi connectivity index (χ3v) is 4.13. The highest BCUT2D eigenvalue weighted by Crippen LogP contribution is 2.30. The Kier molecular flexibility index (Phi) is 3.19. The zero-order valence-electron chi connectivity index (χ0n) is 10.5. The van der Waals surface area contributed by atoms with Crippen molar-refractivity contribution >= 4 is 29.1 Å². The van der Waals surface area contributed by atoms with Gasteiger partial charge in [0.1, 0.15) is 12.6 Å². The third-order valence-electron chi connectivity index (χ3n) is 3.81. The molecule has 1 aromatic rings. The summed E-state index contributed by atoms with van der Waals surface area (Å²) in [5.74, 6) is 0.0108. The van der Waals surface area contributed by atoms with E-state index < -0.39 is 0 Å². The molecule has 0 spiro atoms. The monoisotopic (exact) mass is 278 g/mol. The van der Waals surface area contributed by atoms with Gasteiger partial charge in [-0.2, -0.15) is 0 Å². The van der Waals surface area contributed by atoms with Crippen LogP contribution in [0.2, 0.25) is 5.02 Å². The molecule has 1 unspecified atom stereocenters. The molecule has 0 aromatic heterocycles. The van der Waals surface area contributed by atoms with Crippen molar-refractivity contribution in [2.45, 2.75) is 25.3 Å². The van der Waals surface area contributed by atoms with Crippen LogP contribution >= 0.6 is 11.6 Å². The van der Waals surface area contributed by atoms with Gasteiger partial charge in [0, 0.05) is 6.54 Å². The van der Waals surface area contributed by atoms with Crippen LogP contribution in [0.4, 0.5) is 5.69 Å². The normalized spacial score (nSPS) is 23.5. The number of carbonyl (C=O) groups excluding carboxylic acids is 2. The van der Waals surface area contributed by atoms with Gasteiger partial charge in [-0.15, -0.1) is 0 Å². The fraction of sp³-hybridized carbons (Fsp3) is 0.429. The number of rotatable bonds is 1. The molecule has 0 N–H and O–H groups in total. The van der Waals surface area contributed by atoms with E-state index in [0.29, 0.717) is 17.3 Å². The number of carbonyl (C=O) groups is 2. The number of fused-ring (bicyclic) bond motifs is 1. The number of piperidine rings is 1. The minimum Gasteiger partial charge on any atom is -0.329 e. The first-order valence-electron chi connectivity index (χ1n) is 6.54. The van der Waals surface area contributed by atoms with E-state index in [0.717, 1.165) is 19.3 Å². The molecule has 19 heavy (non-hydrogen) atoms. The van der Waals surface area contributed by atoms with Crippen molar-refractivity contribution in [2.24, 2.45) is 0 Å². The van der Waals surface area contributed by atoms with E-state index >= 15 is 0 Å². The van der Waals surface area contributed by atoms with Crippen molar-refractivity contribution < 1.29 is 9.59 Å². The summed E-state index contributed by atoms with van der Waals surface area (Å²) in [5.41, 5.74) is 0.632. The molecular formula is C14H15ClN2O2. The summed E-state index contributed by atoms with van der Waals surface area (Å²) in [7, 11) is 0. The average Bonchev–Trinajstić information content (AvgIpc) is 2.44. The summed E-state index contributed by atoms with van der Waals surface area (Å²) in [6, 6.07) is 6.86. The van der Waals surface area contributed by atoms with Crippen LogP contribution in [0.15, 0.2) is 24.3 Å². The fourth-order valence-corrected chi connectivity index (χ4v) is 3.08. The molecule has 2 fully saturated rings. The lowest BCUT2D eigenvalue weighted by Crippen LogP contribution is -2.61. The topological polar surface area (TPSA) is 40.6 Å². The Morgan fingerprint density at radius 1 is 1.16 bits per heavy atom. The van der Waals surface area contributed by atoms with E-state index in [-0.39, 0.29) is 24.4 Å². The molecule has 1 aromatic carbocycles. The highest BCUT2D eigenvalue weighted by Gasteiger charge is 2.41. The van der Waals surface area contributed by atoms with E-state index in [1.807, 2.05) is 12.1 Å². The predicted octanol–water partition coefficient (Wildman–Crippen LogP) is 2.07. The number of anilines is 1. The molecule has 3 rings (SSSR count). The van der Waals surface area contributed by atoms with Crippen LogP contribution in [-0.2, 0) is 9.59 Å². The number of amides is 2. The molecule has 4 nitrogen and oxygen atoms in total. The van der Waals surface area contributed by atoms with E-state index in [2.05, 4.69) is 0 Å². The number of hydrogen-bond donors (Lipinski definition) is 0. The van der Waals surface area contributed by atoms with Gasteiger partial charge in [0.2, 0.25) is 11.8 Å². The summed E-state index contributed by atoms with van der Waals surface area (Å²) < 4.78 is 0. The second-order valence-corrected chi connectivity index (χ2v) is 5.38. The molecule has 0 aliphatic carbocycles. The summed E-state index contributed by atoms with van der Waals surface area (Å²) in [6.07, 6.45) is 2.74. The number of halogens is 1. The van der Waals surface area contributed by atoms with Crippen LogP contribution in [0.3, 0.4) is 0 Å². The zero-order chi connectivity index (χ0) is 13.4. The molecule has 1 atom stereocenters. The van der Waals surface area contributed by atoms with Crippen LogP contribution in [0.1, 0.15) is 19.3 Å². The van der Waals surface area contributed by atoms with Gasteiger partial charge in [-0.1, -0.05) is 23.7 Å². The minimum absolute atomic E-state index is 0.00704. The van der Waals surface area contributed by atoms with E-state index in [1.54, 1.807) is 17.0 Å². The number of piperazine rings is 1. The highest BCUT2D eigenvalue weighted by atomic mass is 35.5. The molecule has 0 bridgehead atoms. The van der Waals surface area contributed by atoms with E-state index in [4.69, 9.17) is 11.6 Å². The quantitative estimate of drug-likeness (QED) is 0.789. The molecule has 2 aliphatic rings. The Morgan fingerprint density at radius 3 is 2.74 bits per heavy atom. The van der Waals surface area contributed by atoms with Crippen molar-refractivity contribution in [1.82, 2.24) is 4.90 Å². The van der Waals surface area contributed by atoms with Gasteiger partial charge in [0.25, 0.3) is 0 Å². The van der Waals surface area contributed by atoms with E-state index in [1.165, 1.54) is 4.90 Å². The molecule has 0 radical (unpaired) electrons. The second kappa shape index (κ2) is 4.85. The van der Waals surface area contributed by atoms with Crippen LogP contribution in [0.5, 0.6) is 0 Å². The van der Waals surface area contributed by atoms with Gasteiger partial charge >= 0.3 is 0 Å². The van der Waals surface area contributed by atoms with Crippen molar-refractivity contribution in [3.63, 3.8) is 0 Å². The molecule has 5 heteroatoms. The van der Waals surface area contributed by atoms with Crippen LogP contribution in [0, 0.1) is 0 Å². The molecule has 2 saturated heterocycles. The summed E-state index contributed by atoms with van der Waals surface area (Å²) >= 11 is 6.13. The Balaban J connectivity index is 1.94. The Bertz CT molecular complexity index is 532. The van der Waals surface area contributed by atoms with Gasteiger partial charge in [-0.3, -0.25) is 14.5 Å². The molecule has 2 heterocycles. The number of nitrogens with zero attached hydrogens (tertiary/aromatic N) is 2. The van der Waals surface area contributed by atoms with Crippen molar-refractivity contribution in [2.75, 3.05) is 18.0 Å². The number of para-hydroxylation sites is 1. The molecule has 2 amide bonds. The molecule has 100 valence electrons. The SMILES string of the molecule is O=C1C2CCCCN2C(=O)CN1c1ccccc1Cl. The lowest BCUT2D eigenvalue weighted by atomic mass is 9.98. The largest absolute Gasteiger partial charge is 0.329 e. The van der Waals surface area contributed by atoms with Gasteiger partial charge in [-0.05, 0) is 31.4 Å². The van der Waals surface area contributed by atoms with Crippen molar-refractivity contribution in [3.05, 3.63) is 29.3 Å². The Morgan fingerprint density at radius 2 is 1.95 bits per heavy atom. The van der Waals surface area contributed by atoms with Crippen LogP contribution in [-0.4, -0.2) is 35.8 Å². The predicted molar refractivity (Wildman–Crippen MR) is 73.2 cm³/mol. The fourth-order valence-electron chi connectivity index (χ4n) is 2.85. The standard InChI is InChI=1S/C14H15ClN2O2/c15-10-5-1-2-6-11(10)17-9-13(18)16-8-4-3-7-12(16)14(17)19/h1-2,5-6,12H,3-4,7-9H2. The first-order chi connectivity index (χ1) is 9.18. The third kappa shape index (κ3) is 2.10. The smallest absolute Gasteiger partial charge is 0.250 e. The second-order valence-electron chi connectivity index (χ2n) is 4.97. The lowest BCUT2D eigenvalue weighted by Gasteiger charge is -2.42. The average molecular weight is 279 g/mol. The van der Waals surface area contributed by atoms with E-state index in [9.17, 15) is 9.59 Å². The number of hydrogen-bond acceptors (Lipinski definition) is 2. The molecule has 2 aliphatic heterocycles. The first-order valence-corrected chi connectivity index (χ1v) is 6.91. The summed E-state index contributed by atoms with van der Waals surface area (Å²) in [5, 5.41) is 0.507. The van der Waals surface area contributed by atoms with Crippen LogP contribution < -0.4 is 4.90 Å². The lowest BCUT2D eigenvalue weighted by molar-refractivity contribution is -0.144. The maximum absolute atomic E-state index is 12.5. The first kappa shape index (κ1) is 12.5. The molecular weight excluding hydrogens is 264 g/mol. The summed E-state index contributed by atoms with van der Waals surface area (Å²) in [6.45, 7) is 0.796. The zero-order valence-corrected chi connectivity index (χ0v) is 11.3. The van der Waals surface area contributed by atoms with Crippen molar-refractivity contribution in [1.29, 1.82) is 0 Å². The van der Waals surface area contributed by atoms with Gasteiger partial charge in [0.05, 0.1) is 10.7 Å².